The van der Waals surface area contributed by atoms with Gasteiger partial charge >= 0.3 is 0 Å². The van der Waals surface area contributed by atoms with E-state index in [9.17, 15) is 13.2 Å². The minimum atomic E-state index is -4.22. The highest BCUT2D eigenvalue weighted by atomic mass is 35.5. The highest BCUT2D eigenvalue weighted by Crippen LogP contribution is 2.30. The van der Waals surface area contributed by atoms with Crippen LogP contribution in [0, 0.1) is 5.82 Å². The van der Waals surface area contributed by atoms with Gasteiger partial charge in [0.05, 0.1) is 17.7 Å². The van der Waals surface area contributed by atoms with Crippen LogP contribution >= 0.6 is 11.6 Å². The Morgan fingerprint density at radius 2 is 1.81 bits per heavy atom. The lowest BCUT2D eigenvalue weighted by molar-refractivity contribution is 0.221. The number of halogens is 2. The molecule has 11 nitrogen and oxygen atoms in total. The fraction of sp³-hybridized carbons (Fsp3) is 0.357. The normalized spacial score (nSPS) is 17.4. The molecule has 1 aliphatic rings. The number of nitrogens with one attached hydrogen (secondary N) is 2. The predicted molar refractivity (Wildman–Crippen MR) is 160 cm³/mol. The number of sulfonamides is 1. The van der Waals surface area contributed by atoms with Crippen LogP contribution < -0.4 is 20.3 Å². The molecule has 0 bridgehead atoms. The molecule has 14 heteroatoms. The van der Waals surface area contributed by atoms with E-state index in [4.69, 9.17) is 16.3 Å². The maximum Gasteiger partial charge on any atom is 0.267 e. The van der Waals surface area contributed by atoms with Gasteiger partial charge in [0.2, 0.25) is 11.8 Å². The fourth-order valence-corrected chi connectivity index (χ4v) is 6.61. The molecule has 42 heavy (non-hydrogen) atoms. The first kappa shape index (κ1) is 29.7. The average Bonchev–Trinajstić information content (AvgIpc) is 2.96. The van der Waals surface area contributed by atoms with Crippen molar-refractivity contribution in [1.29, 1.82) is 0 Å². The summed E-state index contributed by atoms with van der Waals surface area (Å²) in [6, 6.07) is 7.07. The molecule has 0 aliphatic heterocycles. The predicted octanol–water partition coefficient (Wildman–Crippen LogP) is 4.28. The molecule has 222 valence electrons. The van der Waals surface area contributed by atoms with E-state index in [2.05, 4.69) is 44.0 Å². The molecule has 0 spiro atoms. The molecule has 0 atom stereocenters. The number of fused-ring (bicyclic) bond motifs is 1. The standard InChI is InChI=1S/C28H31ClFN7O4S/c1-36(2)20-8-5-18(6-9-20)33-28-32-14-16-11-22(27(38)37(3)25(16)34-28)21-13-19(7-10-23(21)30)35-42(39,40)24-12-17(29)15-31-26(24)41-4/h7,10-15,18,20,35H,5-6,8-9H2,1-4H3,(H,32,33,34)/t18-,20-. The first-order chi connectivity index (χ1) is 20.0. The van der Waals surface area contributed by atoms with E-state index in [1.807, 2.05) is 0 Å². The molecule has 0 radical (unpaired) electrons. The van der Waals surface area contributed by atoms with Crippen LogP contribution in [0.1, 0.15) is 25.7 Å². The van der Waals surface area contributed by atoms with Crippen molar-refractivity contribution in [2.24, 2.45) is 7.05 Å². The minimum Gasteiger partial charge on any atom is -0.480 e. The van der Waals surface area contributed by atoms with Gasteiger partial charge in [-0.3, -0.25) is 14.1 Å². The Morgan fingerprint density at radius 3 is 2.50 bits per heavy atom. The lowest BCUT2D eigenvalue weighted by Gasteiger charge is -2.32. The Balaban J connectivity index is 1.44. The summed E-state index contributed by atoms with van der Waals surface area (Å²) >= 11 is 5.95. The van der Waals surface area contributed by atoms with Crippen LogP contribution in [0.25, 0.3) is 22.2 Å². The maximum atomic E-state index is 15.1. The smallest absolute Gasteiger partial charge is 0.267 e. The van der Waals surface area contributed by atoms with E-state index in [-0.39, 0.29) is 38.7 Å². The second-order valence-corrected chi connectivity index (χ2v) is 12.6. The van der Waals surface area contributed by atoms with E-state index in [0.717, 1.165) is 31.7 Å². The third kappa shape index (κ3) is 6.03. The van der Waals surface area contributed by atoms with Crippen LogP contribution in [0.5, 0.6) is 5.88 Å². The molecule has 1 aliphatic carbocycles. The van der Waals surface area contributed by atoms with Gasteiger partial charge in [0.25, 0.3) is 15.6 Å². The SMILES string of the molecule is COc1ncc(Cl)cc1S(=O)(=O)Nc1ccc(F)c(-c2cc3cnc(N[C@H]4CC[C@H](N(C)C)CC4)nc3n(C)c2=O)c1. The third-order valence-electron chi connectivity index (χ3n) is 7.49. The number of benzene rings is 1. The van der Waals surface area contributed by atoms with E-state index in [0.29, 0.717) is 23.0 Å². The summed E-state index contributed by atoms with van der Waals surface area (Å²) in [5.41, 5.74) is -0.153. The number of rotatable bonds is 8. The van der Waals surface area contributed by atoms with Crippen molar-refractivity contribution < 1.29 is 17.5 Å². The number of anilines is 2. The zero-order valence-electron chi connectivity index (χ0n) is 23.6. The number of hydrogen-bond donors (Lipinski definition) is 2. The van der Waals surface area contributed by atoms with Crippen LogP contribution in [-0.4, -0.2) is 66.1 Å². The van der Waals surface area contributed by atoms with Crippen LogP contribution in [0.2, 0.25) is 5.02 Å². The molecule has 4 aromatic rings. The number of ether oxygens (including phenoxy) is 1. The van der Waals surface area contributed by atoms with Gasteiger partial charge in [-0.25, -0.2) is 22.8 Å². The molecular weight excluding hydrogens is 585 g/mol. The number of methoxy groups -OCH3 is 1. The van der Waals surface area contributed by atoms with Gasteiger partial charge < -0.3 is 15.0 Å². The number of aromatic nitrogens is 4. The summed E-state index contributed by atoms with van der Waals surface area (Å²) in [5.74, 6) is -0.441. The molecule has 0 saturated heterocycles. The van der Waals surface area contributed by atoms with Crippen LogP contribution in [0.4, 0.5) is 16.0 Å². The minimum absolute atomic E-state index is 0.0235. The lowest BCUT2D eigenvalue weighted by atomic mass is 9.91. The highest BCUT2D eigenvalue weighted by Gasteiger charge is 2.24. The number of aryl methyl sites for hydroxylation is 1. The van der Waals surface area contributed by atoms with Crippen molar-refractivity contribution in [2.45, 2.75) is 42.7 Å². The van der Waals surface area contributed by atoms with Crippen molar-refractivity contribution in [3.05, 3.63) is 63.9 Å². The highest BCUT2D eigenvalue weighted by molar-refractivity contribution is 7.92. The molecule has 2 N–H and O–H groups in total. The van der Waals surface area contributed by atoms with E-state index < -0.39 is 21.4 Å². The van der Waals surface area contributed by atoms with Gasteiger partial charge in [-0.15, -0.1) is 0 Å². The van der Waals surface area contributed by atoms with Gasteiger partial charge in [-0.05, 0) is 70.1 Å². The Hall–Kier alpha value is -3.81. The van der Waals surface area contributed by atoms with Crippen LogP contribution in [0.3, 0.4) is 0 Å². The second kappa shape index (κ2) is 11.8. The molecule has 3 aromatic heterocycles. The number of pyridine rings is 2. The largest absolute Gasteiger partial charge is 0.480 e. The number of nitrogens with zero attached hydrogens (tertiary/aromatic N) is 5. The first-order valence-electron chi connectivity index (χ1n) is 13.3. The van der Waals surface area contributed by atoms with Gasteiger partial charge in [0.1, 0.15) is 11.5 Å². The Bertz CT molecular complexity index is 1810. The van der Waals surface area contributed by atoms with Gasteiger partial charge in [-0.1, -0.05) is 11.6 Å². The zero-order valence-corrected chi connectivity index (χ0v) is 25.1. The Labute approximate surface area is 247 Å². The summed E-state index contributed by atoms with van der Waals surface area (Å²) in [6.07, 6.45) is 6.96. The molecule has 1 fully saturated rings. The summed E-state index contributed by atoms with van der Waals surface area (Å²) in [5, 5.41) is 4.00. The molecule has 1 aromatic carbocycles. The molecule has 3 heterocycles. The van der Waals surface area contributed by atoms with Crippen molar-refractivity contribution in [3.63, 3.8) is 0 Å². The van der Waals surface area contributed by atoms with Crippen molar-refractivity contribution in [2.75, 3.05) is 31.2 Å². The Morgan fingerprint density at radius 1 is 1.07 bits per heavy atom. The van der Waals surface area contributed by atoms with Crippen molar-refractivity contribution in [3.8, 4) is 17.0 Å². The van der Waals surface area contributed by atoms with E-state index in [1.54, 1.807) is 13.2 Å². The molecule has 5 rings (SSSR count). The zero-order chi connectivity index (χ0) is 30.2. The summed E-state index contributed by atoms with van der Waals surface area (Å²) in [6.45, 7) is 0. The van der Waals surface area contributed by atoms with Crippen molar-refractivity contribution in [1.82, 2.24) is 24.4 Å². The first-order valence-corrected chi connectivity index (χ1v) is 15.1. The third-order valence-corrected chi connectivity index (χ3v) is 9.07. The molecule has 0 unspecified atom stereocenters. The molecule has 0 amide bonds. The topological polar surface area (TPSA) is 131 Å². The van der Waals surface area contributed by atoms with Crippen LogP contribution in [-0.2, 0) is 17.1 Å². The monoisotopic (exact) mass is 615 g/mol. The summed E-state index contributed by atoms with van der Waals surface area (Å²) < 4.78 is 50.1. The Kier molecular flexibility index (Phi) is 8.35. The summed E-state index contributed by atoms with van der Waals surface area (Å²) in [7, 11) is 2.79. The average molecular weight is 616 g/mol. The fourth-order valence-electron chi connectivity index (χ4n) is 5.19. The molecule has 1 saturated carbocycles. The van der Waals surface area contributed by atoms with Crippen molar-refractivity contribution >= 4 is 44.3 Å². The maximum absolute atomic E-state index is 15.1. The van der Waals surface area contributed by atoms with Crippen LogP contribution in [0.15, 0.2) is 52.4 Å². The van der Waals surface area contributed by atoms with Gasteiger partial charge in [-0.2, -0.15) is 4.98 Å². The van der Waals surface area contributed by atoms with Gasteiger partial charge in [0, 0.05) is 48.2 Å². The van der Waals surface area contributed by atoms with E-state index in [1.165, 1.54) is 42.1 Å². The second-order valence-electron chi connectivity index (χ2n) is 10.5. The summed E-state index contributed by atoms with van der Waals surface area (Å²) in [4.78, 5) is 28.3. The van der Waals surface area contributed by atoms with Gasteiger partial charge in [0.15, 0.2) is 4.90 Å². The quantitative estimate of drug-likeness (QED) is 0.298. The molecular formula is C28H31ClFN7O4S. The van der Waals surface area contributed by atoms with E-state index >= 15 is 4.39 Å². The number of hydrogen-bond acceptors (Lipinski definition) is 9. The lowest BCUT2D eigenvalue weighted by Crippen LogP contribution is -2.36.